The lowest BCUT2D eigenvalue weighted by Crippen LogP contribution is -2.49. The molecular formula is C16H27N5O. The predicted molar refractivity (Wildman–Crippen MR) is 87.8 cm³/mol. The normalized spacial score (nSPS) is 15.4. The SMILES string of the molecule is CCCCN(C)CCC(=O)N1CCN(c2ncccn2)CC1. The lowest BCUT2D eigenvalue weighted by Gasteiger charge is -2.35. The van der Waals surface area contributed by atoms with Crippen molar-refractivity contribution in [1.82, 2.24) is 19.8 Å². The van der Waals surface area contributed by atoms with Crippen molar-refractivity contribution in [2.24, 2.45) is 0 Å². The molecule has 122 valence electrons. The molecule has 6 nitrogen and oxygen atoms in total. The molecule has 6 heteroatoms. The number of rotatable bonds is 7. The largest absolute Gasteiger partial charge is 0.339 e. The fourth-order valence-corrected chi connectivity index (χ4v) is 2.59. The van der Waals surface area contributed by atoms with Crippen LogP contribution in [0.15, 0.2) is 18.5 Å². The van der Waals surface area contributed by atoms with Crippen molar-refractivity contribution in [3.8, 4) is 0 Å². The van der Waals surface area contributed by atoms with Crippen LogP contribution >= 0.6 is 0 Å². The zero-order valence-corrected chi connectivity index (χ0v) is 13.7. The van der Waals surface area contributed by atoms with Gasteiger partial charge in [0.05, 0.1) is 0 Å². The van der Waals surface area contributed by atoms with Gasteiger partial charge in [-0.25, -0.2) is 9.97 Å². The lowest BCUT2D eigenvalue weighted by molar-refractivity contribution is -0.131. The van der Waals surface area contributed by atoms with E-state index in [2.05, 4.69) is 33.7 Å². The minimum Gasteiger partial charge on any atom is -0.339 e. The first-order chi connectivity index (χ1) is 10.7. The summed E-state index contributed by atoms with van der Waals surface area (Å²) in [5.74, 6) is 1.02. The van der Waals surface area contributed by atoms with E-state index in [0.29, 0.717) is 6.42 Å². The summed E-state index contributed by atoms with van der Waals surface area (Å²) < 4.78 is 0. The molecule has 1 aliphatic heterocycles. The van der Waals surface area contributed by atoms with E-state index in [9.17, 15) is 4.79 Å². The Morgan fingerprint density at radius 2 is 1.86 bits per heavy atom. The van der Waals surface area contributed by atoms with E-state index in [1.807, 2.05) is 11.0 Å². The van der Waals surface area contributed by atoms with Crippen molar-refractivity contribution < 1.29 is 4.79 Å². The van der Waals surface area contributed by atoms with Gasteiger partial charge in [-0.1, -0.05) is 13.3 Å². The molecular weight excluding hydrogens is 278 g/mol. The number of piperazine rings is 1. The minimum atomic E-state index is 0.261. The Kier molecular flexibility index (Phi) is 6.58. The minimum absolute atomic E-state index is 0.261. The molecule has 0 atom stereocenters. The fraction of sp³-hybridized carbons (Fsp3) is 0.688. The Morgan fingerprint density at radius 3 is 2.50 bits per heavy atom. The van der Waals surface area contributed by atoms with E-state index >= 15 is 0 Å². The van der Waals surface area contributed by atoms with Crippen LogP contribution in [0.25, 0.3) is 0 Å². The van der Waals surface area contributed by atoms with Crippen LogP contribution in [0.3, 0.4) is 0 Å². The molecule has 0 N–H and O–H groups in total. The van der Waals surface area contributed by atoms with Crippen LogP contribution in [0, 0.1) is 0 Å². The van der Waals surface area contributed by atoms with Crippen LogP contribution in [-0.4, -0.2) is 72.0 Å². The third-order valence-electron chi connectivity index (χ3n) is 4.07. The topological polar surface area (TPSA) is 52.6 Å². The summed E-state index contributed by atoms with van der Waals surface area (Å²) in [6, 6.07) is 1.82. The summed E-state index contributed by atoms with van der Waals surface area (Å²) in [4.78, 5) is 27.1. The van der Waals surface area contributed by atoms with E-state index in [0.717, 1.165) is 45.2 Å². The number of unbranched alkanes of at least 4 members (excludes halogenated alkanes) is 1. The Labute approximate surface area is 133 Å². The maximum Gasteiger partial charge on any atom is 0.225 e. The molecule has 0 saturated carbocycles. The molecule has 0 bridgehead atoms. The Hall–Kier alpha value is -1.69. The first kappa shape index (κ1) is 16.7. The molecule has 2 rings (SSSR count). The Bertz CT molecular complexity index is 445. The van der Waals surface area contributed by atoms with Crippen molar-refractivity contribution in [3.05, 3.63) is 18.5 Å². The summed E-state index contributed by atoms with van der Waals surface area (Å²) >= 11 is 0. The number of carbonyl (C=O) groups excluding carboxylic acids is 1. The molecule has 0 radical (unpaired) electrons. The summed E-state index contributed by atoms with van der Waals surface area (Å²) in [5, 5.41) is 0. The molecule has 1 saturated heterocycles. The number of amides is 1. The second-order valence-corrected chi connectivity index (χ2v) is 5.82. The second-order valence-electron chi connectivity index (χ2n) is 5.82. The van der Waals surface area contributed by atoms with Gasteiger partial charge in [0, 0.05) is 51.5 Å². The number of nitrogens with zero attached hydrogens (tertiary/aromatic N) is 5. The summed E-state index contributed by atoms with van der Waals surface area (Å²) in [6.07, 6.45) is 6.52. The highest BCUT2D eigenvalue weighted by molar-refractivity contribution is 5.76. The molecule has 0 aromatic carbocycles. The molecule has 1 aromatic heterocycles. The van der Waals surface area contributed by atoms with Gasteiger partial charge in [0.1, 0.15) is 0 Å². The van der Waals surface area contributed by atoms with Gasteiger partial charge in [0.2, 0.25) is 11.9 Å². The second kappa shape index (κ2) is 8.68. The molecule has 2 heterocycles. The zero-order valence-electron chi connectivity index (χ0n) is 13.7. The average molecular weight is 305 g/mol. The van der Waals surface area contributed by atoms with Crippen molar-refractivity contribution >= 4 is 11.9 Å². The van der Waals surface area contributed by atoms with Gasteiger partial charge < -0.3 is 14.7 Å². The van der Waals surface area contributed by atoms with Gasteiger partial charge in [0.25, 0.3) is 0 Å². The first-order valence-electron chi connectivity index (χ1n) is 8.19. The van der Waals surface area contributed by atoms with Crippen molar-refractivity contribution in [1.29, 1.82) is 0 Å². The molecule has 0 spiro atoms. The predicted octanol–water partition coefficient (Wildman–Crippen LogP) is 1.25. The van der Waals surface area contributed by atoms with Crippen LogP contribution in [-0.2, 0) is 4.79 Å². The highest BCUT2D eigenvalue weighted by Crippen LogP contribution is 2.10. The average Bonchev–Trinajstić information content (AvgIpc) is 2.58. The zero-order chi connectivity index (χ0) is 15.8. The van der Waals surface area contributed by atoms with E-state index < -0.39 is 0 Å². The van der Waals surface area contributed by atoms with E-state index in [1.54, 1.807) is 12.4 Å². The summed E-state index contributed by atoms with van der Waals surface area (Å²) in [5.41, 5.74) is 0. The molecule has 0 unspecified atom stereocenters. The maximum atomic E-state index is 12.3. The van der Waals surface area contributed by atoms with E-state index in [1.165, 1.54) is 12.8 Å². The Balaban J connectivity index is 1.71. The fourth-order valence-electron chi connectivity index (χ4n) is 2.59. The summed E-state index contributed by atoms with van der Waals surface area (Å²) in [6.45, 7) is 7.24. The van der Waals surface area contributed by atoms with Gasteiger partial charge in [0.15, 0.2) is 0 Å². The number of aromatic nitrogens is 2. The van der Waals surface area contributed by atoms with Crippen LogP contribution < -0.4 is 4.90 Å². The molecule has 22 heavy (non-hydrogen) atoms. The molecule has 1 amide bonds. The smallest absolute Gasteiger partial charge is 0.225 e. The lowest BCUT2D eigenvalue weighted by atomic mass is 10.2. The number of anilines is 1. The quantitative estimate of drug-likeness (QED) is 0.759. The van der Waals surface area contributed by atoms with Crippen molar-refractivity contribution in [3.63, 3.8) is 0 Å². The van der Waals surface area contributed by atoms with Crippen LogP contribution in [0.4, 0.5) is 5.95 Å². The number of carbonyl (C=O) groups is 1. The standard InChI is InChI=1S/C16H27N5O/c1-3-4-9-19(2)10-6-15(22)20-11-13-21(14-12-20)16-17-7-5-8-18-16/h5,7-8H,3-4,6,9-14H2,1-2H3. The van der Waals surface area contributed by atoms with Gasteiger partial charge in [-0.2, -0.15) is 0 Å². The third-order valence-corrected chi connectivity index (χ3v) is 4.07. The van der Waals surface area contributed by atoms with Crippen LogP contribution in [0.2, 0.25) is 0 Å². The van der Waals surface area contributed by atoms with E-state index in [4.69, 9.17) is 0 Å². The molecule has 1 aliphatic rings. The molecule has 1 fully saturated rings. The van der Waals surface area contributed by atoms with Gasteiger partial charge in [-0.05, 0) is 26.1 Å². The third kappa shape index (κ3) is 4.94. The number of hydrogen-bond donors (Lipinski definition) is 0. The van der Waals surface area contributed by atoms with Gasteiger partial charge in [-0.15, -0.1) is 0 Å². The van der Waals surface area contributed by atoms with Gasteiger partial charge in [-0.3, -0.25) is 4.79 Å². The molecule has 1 aromatic rings. The van der Waals surface area contributed by atoms with Crippen molar-refractivity contribution in [2.75, 3.05) is 51.2 Å². The van der Waals surface area contributed by atoms with Crippen LogP contribution in [0.5, 0.6) is 0 Å². The van der Waals surface area contributed by atoms with Crippen molar-refractivity contribution in [2.45, 2.75) is 26.2 Å². The maximum absolute atomic E-state index is 12.3. The number of hydrogen-bond acceptors (Lipinski definition) is 5. The highest BCUT2D eigenvalue weighted by Gasteiger charge is 2.22. The molecule has 0 aliphatic carbocycles. The highest BCUT2D eigenvalue weighted by atomic mass is 16.2. The summed E-state index contributed by atoms with van der Waals surface area (Å²) in [7, 11) is 2.09. The first-order valence-corrected chi connectivity index (χ1v) is 8.19. The Morgan fingerprint density at radius 1 is 1.18 bits per heavy atom. The van der Waals surface area contributed by atoms with E-state index in [-0.39, 0.29) is 5.91 Å². The monoisotopic (exact) mass is 305 g/mol. The van der Waals surface area contributed by atoms with Gasteiger partial charge >= 0.3 is 0 Å². The van der Waals surface area contributed by atoms with Crippen LogP contribution in [0.1, 0.15) is 26.2 Å².